The summed E-state index contributed by atoms with van der Waals surface area (Å²) >= 11 is 0. The molecule has 0 bridgehead atoms. The van der Waals surface area contributed by atoms with Crippen molar-refractivity contribution >= 4 is 56.4 Å². The first-order valence-corrected chi connectivity index (χ1v) is 18.4. The van der Waals surface area contributed by atoms with Crippen molar-refractivity contribution in [1.29, 1.82) is 0 Å². The number of benzene rings is 8. The van der Waals surface area contributed by atoms with E-state index in [1.54, 1.807) is 0 Å². The molecular formula is C51H33N3. The van der Waals surface area contributed by atoms with Crippen LogP contribution in [0, 0.1) is 0 Å². The van der Waals surface area contributed by atoms with Gasteiger partial charge < -0.3 is 4.57 Å². The molecule has 3 heteroatoms. The van der Waals surface area contributed by atoms with Gasteiger partial charge in [0.25, 0.3) is 0 Å². The van der Waals surface area contributed by atoms with E-state index in [0.29, 0.717) is 5.84 Å². The highest BCUT2D eigenvalue weighted by Crippen LogP contribution is 2.63. The predicted octanol–water partition coefficient (Wildman–Crippen LogP) is 12.3. The van der Waals surface area contributed by atoms with Gasteiger partial charge >= 0.3 is 0 Å². The Labute approximate surface area is 313 Å². The van der Waals surface area contributed by atoms with Crippen LogP contribution >= 0.6 is 0 Å². The van der Waals surface area contributed by atoms with Crippen molar-refractivity contribution in [3.8, 4) is 16.8 Å². The summed E-state index contributed by atoms with van der Waals surface area (Å²) in [6.45, 7) is 4.08. The Morgan fingerprint density at radius 1 is 0.481 bits per heavy atom. The molecule has 1 unspecified atom stereocenters. The molecule has 1 aliphatic carbocycles. The zero-order chi connectivity index (χ0) is 35.8. The first-order valence-electron chi connectivity index (χ1n) is 18.4. The van der Waals surface area contributed by atoms with Crippen molar-refractivity contribution < 1.29 is 0 Å². The van der Waals surface area contributed by atoms with E-state index in [2.05, 4.69) is 198 Å². The van der Waals surface area contributed by atoms with Gasteiger partial charge in [-0.3, -0.25) is 0 Å². The molecule has 1 aliphatic heterocycles. The van der Waals surface area contributed by atoms with Gasteiger partial charge in [-0.2, -0.15) is 0 Å². The van der Waals surface area contributed by atoms with E-state index in [4.69, 9.17) is 4.99 Å². The fraction of sp³-hybridized carbons (Fsp3) is 0.0196. The topological polar surface area (TPSA) is 29.6 Å². The van der Waals surface area contributed by atoms with Crippen LogP contribution in [-0.4, -0.2) is 17.1 Å². The Hall–Kier alpha value is -7.10. The van der Waals surface area contributed by atoms with Crippen molar-refractivity contribution in [2.24, 2.45) is 9.98 Å². The highest BCUT2D eigenvalue weighted by atomic mass is 15.0. The average Bonchev–Trinajstić information content (AvgIpc) is 3.73. The first-order chi connectivity index (χ1) is 26.8. The van der Waals surface area contributed by atoms with E-state index in [9.17, 15) is 0 Å². The van der Waals surface area contributed by atoms with Crippen LogP contribution in [0.25, 0.3) is 60.7 Å². The number of allylic oxidation sites excluding steroid dienone is 1. The molecule has 8 aromatic carbocycles. The third-order valence-corrected chi connectivity index (χ3v) is 11.5. The summed E-state index contributed by atoms with van der Waals surface area (Å²) in [6, 6.07) is 67.8. The summed E-state index contributed by atoms with van der Waals surface area (Å²) in [5, 5.41) is 4.87. The van der Waals surface area contributed by atoms with Gasteiger partial charge in [-0.05, 0) is 63.0 Å². The molecule has 0 saturated heterocycles. The second-order valence-corrected chi connectivity index (χ2v) is 14.2. The number of amidine groups is 1. The minimum Gasteiger partial charge on any atom is -0.309 e. The largest absolute Gasteiger partial charge is 0.309 e. The molecule has 252 valence electrons. The number of para-hydroxylation sites is 3. The smallest absolute Gasteiger partial charge is 0.159 e. The highest BCUT2D eigenvalue weighted by Gasteiger charge is 2.53. The van der Waals surface area contributed by atoms with Crippen LogP contribution in [0.3, 0.4) is 0 Å². The summed E-state index contributed by atoms with van der Waals surface area (Å²) in [7, 11) is 0. The van der Waals surface area contributed by atoms with Crippen molar-refractivity contribution in [3.05, 3.63) is 221 Å². The van der Waals surface area contributed by atoms with Gasteiger partial charge in [-0.15, -0.1) is 0 Å². The predicted molar refractivity (Wildman–Crippen MR) is 226 cm³/mol. The lowest BCUT2D eigenvalue weighted by Crippen LogP contribution is -2.34. The molecule has 1 atom stereocenters. The Bertz CT molecular complexity index is 3050. The van der Waals surface area contributed by atoms with Crippen LogP contribution in [0.2, 0.25) is 0 Å². The van der Waals surface area contributed by atoms with E-state index < -0.39 is 5.41 Å². The van der Waals surface area contributed by atoms with Gasteiger partial charge in [-0.1, -0.05) is 176 Å². The lowest BCUT2D eigenvalue weighted by atomic mass is 9.63. The Morgan fingerprint density at radius 2 is 1.09 bits per heavy atom. The van der Waals surface area contributed by atoms with Crippen molar-refractivity contribution in [2.45, 2.75) is 5.41 Å². The molecule has 1 aromatic heterocycles. The first kappa shape index (κ1) is 30.5. The van der Waals surface area contributed by atoms with E-state index in [0.717, 1.165) is 33.5 Å². The third-order valence-electron chi connectivity index (χ3n) is 11.5. The number of aromatic nitrogens is 1. The summed E-state index contributed by atoms with van der Waals surface area (Å²) in [6.07, 6.45) is 0. The Morgan fingerprint density at radius 3 is 1.94 bits per heavy atom. The van der Waals surface area contributed by atoms with Crippen LogP contribution in [0.5, 0.6) is 0 Å². The third kappa shape index (κ3) is 4.12. The molecule has 2 heterocycles. The maximum Gasteiger partial charge on any atom is 0.159 e. The van der Waals surface area contributed by atoms with E-state index in [1.807, 2.05) is 6.07 Å². The molecule has 2 aliphatic rings. The molecule has 54 heavy (non-hydrogen) atoms. The van der Waals surface area contributed by atoms with Gasteiger partial charge in [0.05, 0.1) is 27.8 Å². The minimum atomic E-state index is -0.691. The van der Waals surface area contributed by atoms with E-state index in [-0.39, 0.29) is 0 Å². The van der Waals surface area contributed by atoms with Gasteiger partial charge in [-0.25, -0.2) is 9.98 Å². The van der Waals surface area contributed by atoms with Crippen LogP contribution < -0.4 is 0 Å². The molecule has 0 radical (unpaired) electrons. The summed E-state index contributed by atoms with van der Waals surface area (Å²) in [5.41, 5.74) is 14.2. The molecule has 1 spiro atoms. The molecule has 0 fully saturated rings. The molecule has 0 N–H and O–H groups in total. The monoisotopic (exact) mass is 687 g/mol. The SMILES string of the molecule is C=N/C(=N\C1=C(c2cccc3ccccc23)C2(c3ccccc31)c1ccccc1-n1c3ccccc3c3cccc2c31)c1ccc(-c2ccccc2)cc1. The number of hydrogen-bond acceptors (Lipinski definition) is 1. The second-order valence-electron chi connectivity index (χ2n) is 14.2. The van der Waals surface area contributed by atoms with Crippen molar-refractivity contribution in [3.63, 3.8) is 0 Å². The van der Waals surface area contributed by atoms with Gasteiger partial charge in [0.1, 0.15) is 0 Å². The van der Waals surface area contributed by atoms with Crippen LogP contribution in [0.15, 0.2) is 198 Å². The molecule has 9 aromatic rings. The number of rotatable bonds is 4. The average molecular weight is 688 g/mol. The van der Waals surface area contributed by atoms with Gasteiger partial charge in [0.15, 0.2) is 5.84 Å². The quantitative estimate of drug-likeness (QED) is 0.130. The summed E-state index contributed by atoms with van der Waals surface area (Å²) < 4.78 is 2.48. The minimum absolute atomic E-state index is 0.589. The standard InChI is InChI=1S/C51H33N3/c1-52-50(36-31-29-34(30-32-36)33-15-3-2-4-16-33)53-48-41-21-7-9-24-42(41)51(47(48)39-22-13-18-35-17-5-6-19-37(35)39)43-25-10-12-28-46(43)54-45-27-11-8-20-38(45)40-23-14-26-44(51)49(40)54/h2-32H,1H2/b53-50-. The van der Waals surface area contributed by atoms with Crippen LogP contribution in [0.1, 0.15) is 33.4 Å². The Balaban J connectivity index is 1.29. The normalized spacial score (nSPS) is 16.0. The molecule has 0 amide bonds. The van der Waals surface area contributed by atoms with Crippen LogP contribution in [0.4, 0.5) is 0 Å². The fourth-order valence-corrected chi connectivity index (χ4v) is 9.35. The summed E-state index contributed by atoms with van der Waals surface area (Å²) in [4.78, 5) is 10.2. The molecule has 0 saturated carbocycles. The molecule has 11 rings (SSSR count). The number of fused-ring (bicyclic) bond motifs is 10. The maximum absolute atomic E-state index is 5.62. The molecule has 3 nitrogen and oxygen atoms in total. The highest BCUT2D eigenvalue weighted by molar-refractivity contribution is 6.19. The van der Waals surface area contributed by atoms with Crippen molar-refractivity contribution in [1.82, 2.24) is 4.57 Å². The van der Waals surface area contributed by atoms with Gasteiger partial charge in [0.2, 0.25) is 0 Å². The zero-order valence-electron chi connectivity index (χ0n) is 29.4. The van der Waals surface area contributed by atoms with E-state index in [1.165, 1.54) is 60.5 Å². The fourth-order valence-electron chi connectivity index (χ4n) is 9.35. The molecular weight excluding hydrogens is 655 g/mol. The second kappa shape index (κ2) is 11.7. The number of aliphatic imine (C=N–C) groups is 2. The Kier molecular flexibility index (Phi) is 6.62. The lowest BCUT2D eigenvalue weighted by Gasteiger charge is -2.41. The summed E-state index contributed by atoms with van der Waals surface area (Å²) in [5.74, 6) is 0.589. The van der Waals surface area contributed by atoms with Crippen molar-refractivity contribution in [2.75, 3.05) is 0 Å². The lowest BCUT2D eigenvalue weighted by molar-refractivity contribution is 0.790. The maximum atomic E-state index is 5.62. The number of hydrogen-bond donors (Lipinski definition) is 0. The zero-order valence-corrected chi connectivity index (χ0v) is 29.4. The number of nitrogens with zero attached hydrogens (tertiary/aromatic N) is 3. The van der Waals surface area contributed by atoms with Crippen LogP contribution in [-0.2, 0) is 5.41 Å². The van der Waals surface area contributed by atoms with E-state index >= 15 is 0 Å². The van der Waals surface area contributed by atoms with Gasteiger partial charge in [0, 0.05) is 27.5 Å².